The van der Waals surface area contributed by atoms with Gasteiger partial charge in [0.2, 0.25) is 0 Å². The maximum atomic E-state index is 6.06. The Morgan fingerprint density at radius 1 is 0.955 bits per heavy atom. The van der Waals surface area contributed by atoms with Crippen LogP contribution in [0.25, 0.3) is 0 Å². The van der Waals surface area contributed by atoms with E-state index < -0.39 is 0 Å². The molecular weight excluding hydrogens is 270 g/mol. The molecule has 118 valence electrons. The first-order chi connectivity index (χ1) is 10.7. The summed E-state index contributed by atoms with van der Waals surface area (Å²) in [6.45, 7) is 10.4. The zero-order valence-corrected chi connectivity index (χ0v) is 14.0. The topological polar surface area (TPSA) is 12.5 Å². The Hall–Kier alpha value is -1.80. The van der Waals surface area contributed by atoms with E-state index in [0.29, 0.717) is 0 Å². The summed E-state index contributed by atoms with van der Waals surface area (Å²) in [4.78, 5) is 2.38. The fraction of sp³-hybridized carbons (Fsp3) is 0.400. The Balaban J connectivity index is 2.04. The molecule has 2 aromatic rings. The third-order valence-corrected chi connectivity index (χ3v) is 4.01. The van der Waals surface area contributed by atoms with E-state index in [1.165, 1.54) is 16.7 Å². The average molecular weight is 297 g/mol. The molecule has 0 spiro atoms. The molecule has 0 bridgehead atoms. The van der Waals surface area contributed by atoms with Crippen LogP contribution in [0.3, 0.4) is 0 Å². The van der Waals surface area contributed by atoms with E-state index in [4.69, 9.17) is 4.74 Å². The lowest BCUT2D eigenvalue weighted by atomic mass is 10.0. The zero-order chi connectivity index (χ0) is 15.8. The van der Waals surface area contributed by atoms with Crippen molar-refractivity contribution in [2.45, 2.75) is 27.2 Å². The van der Waals surface area contributed by atoms with Crippen molar-refractivity contribution in [2.24, 2.45) is 0 Å². The van der Waals surface area contributed by atoms with Gasteiger partial charge in [0.1, 0.15) is 12.4 Å². The molecule has 0 N–H and O–H groups in total. The van der Waals surface area contributed by atoms with Gasteiger partial charge in [-0.2, -0.15) is 0 Å². The van der Waals surface area contributed by atoms with E-state index in [-0.39, 0.29) is 0 Å². The van der Waals surface area contributed by atoms with Gasteiger partial charge in [-0.05, 0) is 37.2 Å². The zero-order valence-electron chi connectivity index (χ0n) is 14.0. The lowest BCUT2D eigenvalue weighted by molar-refractivity contribution is 0.222. The normalized spacial score (nSPS) is 10.9. The molecule has 22 heavy (non-hydrogen) atoms. The predicted molar refractivity (Wildman–Crippen MR) is 93.7 cm³/mol. The molecule has 2 nitrogen and oxygen atoms in total. The van der Waals surface area contributed by atoms with Gasteiger partial charge in [-0.3, -0.25) is 0 Å². The average Bonchev–Trinajstić information content (AvgIpc) is 2.54. The summed E-state index contributed by atoms with van der Waals surface area (Å²) < 4.78 is 6.06. The number of rotatable bonds is 8. The molecule has 0 fully saturated rings. The van der Waals surface area contributed by atoms with Crippen molar-refractivity contribution in [2.75, 3.05) is 26.2 Å². The van der Waals surface area contributed by atoms with E-state index >= 15 is 0 Å². The van der Waals surface area contributed by atoms with Gasteiger partial charge < -0.3 is 9.64 Å². The van der Waals surface area contributed by atoms with E-state index in [1.807, 2.05) is 0 Å². The Morgan fingerprint density at radius 2 is 1.68 bits per heavy atom. The first-order valence-corrected chi connectivity index (χ1v) is 8.21. The molecule has 0 aromatic heterocycles. The van der Waals surface area contributed by atoms with Crippen molar-refractivity contribution >= 4 is 0 Å². The molecule has 2 aromatic carbocycles. The minimum atomic E-state index is 0.743. The van der Waals surface area contributed by atoms with Crippen LogP contribution in [0.4, 0.5) is 0 Å². The SMILES string of the molecule is CCN(CC)CCOc1ccc(C)cc1Cc1ccccc1. The predicted octanol–water partition coefficient (Wildman–Crippen LogP) is 4.31. The minimum absolute atomic E-state index is 0.743. The molecule has 0 aliphatic carbocycles. The molecule has 0 amide bonds. The van der Waals surface area contributed by atoms with Gasteiger partial charge in [-0.15, -0.1) is 0 Å². The fourth-order valence-electron chi connectivity index (χ4n) is 2.63. The molecule has 0 radical (unpaired) electrons. The van der Waals surface area contributed by atoms with Crippen LogP contribution < -0.4 is 4.74 Å². The van der Waals surface area contributed by atoms with Gasteiger partial charge in [-0.1, -0.05) is 61.9 Å². The monoisotopic (exact) mass is 297 g/mol. The fourth-order valence-corrected chi connectivity index (χ4v) is 2.63. The second kappa shape index (κ2) is 8.60. The largest absolute Gasteiger partial charge is 0.492 e. The maximum Gasteiger partial charge on any atom is 0.122 e. The molecule has 0 aliphatic heterocycles. The van der Waals surface area contributed by atoms with E-state index in [0.717, 1.165) is 38.4 Å². The maximum absolute atomic E-state index is 6.06. The second-order valence-corrected chi connectivity index (χ2v) is 5.65. The molecule has 0 atom stereocenters. The summed E-state index contributed by atoms with van der Waals surface area (Å²) in [5.74, 6) is 1.02. The molecule has 2 rings (SSSR count). The molecule has 2 heteroatoms. The second-order valence-electron chi connectivity index (χ2n) is 5.65. The minimum Gasteiger partial charge on any atom is -0.492 e. The van der Waals surface area contributed by atoms with Crippen LogP contribution in [0.15, 0.2) is 48.5 Å². The highest BCUT2D eigenvalue weighted by atomic mass is 16.5. The van der Waals surface area contributed by atoms with Gasteiger partial charge in [-0.25, -0.2) is 0 Å². The smallest absolute Gasteiger partial charge is 0.122 e. The Kier molecular flexibility index (Phi) is 6.47. The van der Waals surface area contributed by atoms with Gasteiger partial charge in [0.15, 0.2) is 0 Å². The summed E-state index contributed by atoms with van der Waals surface area (Å²) in [6.07, 6.45) is 0.920. The standard InChI is InChI=1S/C20H27NO/c1-4-21(5-2)13-14-22-20-12-11-17(3)15-19(20)16-18-9-7-6-8-10-18/h6-12,15H,4-5,13-14,16H2,1-3H3. The van der Waals surface area contributed by atoms with Gasteiger partial charge in [0.25, 0.3) is 0 Å². The molecule has 0 unspecified atom stereocenters. The Bertz CT molecular complexity index is 561. The third kappa shape index (κ3) is 4.88. The molecule has 0 heterocycles. The summed E-state index contributed by atoms with van der Waals surface area (Å²) in [5, 5.41) is 0. The molecule has 0 aliphatic rings. The first kappa shape index (κ1) is 16.6. The van der Waals surface area contributed by atoms with Crippen LogP contribution in [0, 0.1) is 6.92 Å². The number of hydrogen-bond acceptors (Lipinski definition) is 2. The molecule has 0 saturated carbocycles. The Morgan fingerprint density at radius 3 is 2.36 bits per heavy atom. The highest BCUT2D eigenvalue weighted by Gasteiger charge is 2.06. The molecule has 0 saturated heterocycles. The highest BCUT2D eigenvalue weighted by molar-refractivity contribution is 5.40. The first-order valence-electron chi connectivity index (χ1n) is 8.21. The van der Waals surface area contributed by atoms with Crippen LogP contribution in [0.1, 0.15) is 30.5 Å². The van der Waals surface area contributed by atoms with Crippen LogP contribution in [-0.2, 0) is 6.42 Å². The number of hydrogen-bond donors (Lipinski definition) is 0. The Labute approximate surface area is 134 Å². The number of ether oxygens (including phenoxy) is 1. The molecular formula is C20H27NO. The number of aryl methyl sites for hydroxylation is 1. The lowest BCUT2D eigenvalue weighted by Gasteiger charge is -2.19. The van der Waals surface area contributed by atoms with Crippen LogP contribution in [0.5, 0.6) is 5.75 Å². The van der Waals surface area contributed by atoms with Crippen LogP contribution >= 0.6 is 0 Å². The summed E-state index contributed by atoms with van der Waals surface area (Å²) in [6, 6.07) is 17.0. The summed E-state index contributed by atoms with van der Waals surface area (Å²) in [7, 11) is 0. The van der Waals surface area contributed by atoms with Gasteiger partial charge >= 0.3 is 0 Å². The number of nitrogens with zero attached hydrogens (tertiary/aromatic N) is 1. The van der Waals surface area contributed by atoms with Crippen molar-refractivity contribution in [3.8, 4) is 5.75 Å². The van der Waals surface area contributed by atoms with Crippen molar-refractivity contribution in [3.63, 3.8) is 0 Å². The van der Waals surface area contributed by atoms with Crippen molar-refractivity contribution in [1.29, 1.82) is 0 Å². The van der Waals surface area contributed by atoms with Gasteiger partial charge in [0, 0.05) is 13.0 Å². The number of benzene rings is 2. The van der Waals surface area contributed by atoms with Crippen LogP contribution in [-0.4, -0.2) is 31.1 Å². The quantitative estimate of drug-likeness (QED) is 0.720. The van der Waals surface area contributed by atoms with Gasteiger partial charge in [0.05, 0.1) is 0 Å². The van der Waals surface area contributed by atoms with E-state index in [1.54, 1.807) is 0 Å². The van der Waals surface area contributed by atoms with Crippen LogP contribution in [0.2, 0.25) is 0 Å². The summed E-state index contributed by atoms with van der Waals surface area (Å²) in [5.41, 5.74) is 3.87. The van der Waals surface area contributed by atoms with Crippen molar-refractivity contribution < 1.29 is 4.74 Å². The lowest BCUT2D eigenvalue weighted by Crippen LogP contribution is -2.28. The van der Waals surface area contributed by atoms with Crippen molar-refractivity contribution in [3.05, 3.63) is 65.2 Å². The summed E-state index contributed by atoms with van der Waals surface area (Å²) >= 11 is 0. The van der Waals surface area contributed by atoms with Crippen molar-refractivity contribution in [1.82, 2.24) is 4.90 Å². The van der Waals surface area contributed by atoms with E-state index in [9.17, 15) is 0 Å². The number of likely N-dealkylation sites (N-methyl/N-ethyl adjacent to an activating group) is 1. The van der Waals surface area contributed by atoms with E-state index in [2.05, 4.69) is 74.2 Å². The highest BCUT2D eigenvalue weighted by Crippen LogP contribution is 2.23. The third-order valence-electron chi connectivity index (χ3n) is 4.01.